The molecule has 0 fully saturated rings. The van der Waals surface area contributed by atoms with Gasteiger partial charge in [-0.1, -0.05) is 6.07 Å². The summed E-state index contributed by atoms with van der Waals surface area (Å²) in [5.41, 5.74) is 0. The summed E-state index contributed by atoms with van der Waals surface area (Å²) >= 11 is 0. The Hall–Kier alpha value is -2.24. The zero-order chi connectivity index (χ0) is 14.4. The van der Waals surface area contributed by atoms with E-state index in [-0.39, 0.29) is 0 Å². The molecule has 0 aliphatic heterocycles. The minimum absolute atomic E-state index is 0.477. The molecule has 19 heavy (non-hydrogen) atoms. The van der Waals surface area contributed by atoms with Crippen molar-refractivity contribution in [2.75, 3.05) is 7.11 Å². The molecule has 0 aliphatic carbocycles. The second kappa shape index (κ2) is 6.63. The molecule has 0 aliphatic rings. The van der Waals surface area contributed by atoms with Crippen molar-refractivity contribution in [3.8, 4) is 11.5 Å². The number of methoxy groups -OCH3 is 1. The lowest BCUT2D eigenvalue weighted by Gasteiger charge is -2.16. The maximum Gasteiger partial charge on any atom is 0.325 e. The van der Waals surface area contributed by atoms with E-state index in [1.54, 1.807) is 31.2 Å². The van der Waals surface area contributed by atoms with Crippen molar-refractivity contribution in [2.24, 2.45) is 0 Å². The summed E-state index contributed by atoms with van der Waals surface area (Å²) in [6.07, 6.45) is -0.797. The summed E-state index contributed by atoms with van der Waals surface area (Å²) in [5, 5.41) is 11.0. The molecule has 6 nitrogen and oxygen atoms in total. The van der Waals surface area contributed by atoms with Gasteiger partial charge in [0.1, 0.15) is 17.5 Å². The third-order valence-electron chi connectivity index (χ3n) is 2.45. The van der Waals surface area contributed by atoms with E-state index in [0.717, 1.165) is 0 Å². The molecule has 2 unspecified atom stereocenters. The Balaban J connectivity index is 2.60. The Bertz CT molecular complexity index is 460. The Morgan fingerprint density at radius 3 is 2.47 bits per heavy atom. The van der Waals surface area contributed by atoms with Crippen molar-refractivity contribution in [3.63, 3.8) is 0 Å². The van der Waals surface area contributed by atoms with Gasteiger partial charge in [-0.05, 0) is 26.0 Å². The highest BCUT2D eigenvalue weighted by Crippen LogP contribution is 2.19. The van der Waals surface area contributed by atoms with Crippen LogP contribution in [0.5, 0.6) is 11.5 Å². The fourth-order valence-corrected chi connectivity index (χ4v) is 1.32. The quantitative estimate of drug-likeness (QED) is 0.804. The summed E-state index contributed by atoms with van der Waals surface area (Å²) < 4.78 is 10.4. The lowest BCUT2D eigenvalue weighted by atomic mass is 10.3. The topological polar surface area (TPSA) is 84.9 Å². The fraction of sp³-hybridized carbons (Fsp3) is 0.385. The highest BCUT2D eigenvalue weighted by Gasteiger charge is 2.20. The molecule has 0 bridgehead atoms. The largest absolute Gasteiger partial charge is 0.497 e. The fourth-order valence-electron chi connectivity index (χ4n) is 1.32. The van der Waals surface area contributed by atoms with E-state index >= 15 is 0 Å². The average molecular weight is 267 g/mol. The molecule has 104 valence electrons. The van der Waals surface area contributed by atoms with Crippen LogP contribution in [0.25, 0.3) is 0 Å². The third kappa shape index (κ3) is 4.50. The van der Waals surface area contributed by atoms with E-state index in [1.807, 2.05) is 0 Å². The number of carboxylic acids is 1. The number of hydrogen-bond donors (Lipinski definition) is 2. The van der Waals surface area contributed by atoms with Crippen LogP contribution in [0, 0.1) is 0 Å². The van der Waals surface area contributed by atoms with Crippen LogP contribution < -0.4 is 14.8 Å². The molecule has 1 rings (SSSR count). The second-order valence-electron chi connectivity index (χ2n) is 4.01. The van der Waals surface area contributed by atoms with E-state index < -0.39 is 24.0 Å². The first-order valence-corrected chi connectivity index (χ1v) is 5.78. The zero-order valence-corrected chi connectivity index (χ0v) is 11.0. The van der Waals surface area contributed by atoms with Gasteiger partial charge in [-0.3, -0.25) is 9.59 Å². The lowest BCUT2D eigenvalue weighted by molar-refractivity contribution is -0.142. The van der Waals surface area contributed by atoms with Crippen LogP contribution in [0.3, 0.4) is 0 Å². The van der Waals surface area contributed by atoms with Gasteiger partial charge in [0.15, 0.2) is 6.10 Å². The molecule has 1 aromatic carbocycles. The van der Waals surface area contributed by atoms with E-state index in [4.69, 9.17) is 14.6 Å². The maximum absolute atomic E-state index is 11.7. The number of carbonyl (C=O) groups excluding carboxylic acids is 1. The predicted molar refractivity (Wildman–Crippen MR) is 68.3 cm³/mol. The van der Waals surface area contributed by atoms with Crippen molar-refractivity contribution in [2.45, 2.75) is 26.0 Å². The second-order valence-corrected chi connectivity index (χ2v) is 4.01. The Kier molecular flexibility index (Phi) is 5.17. The highest BCUT2D eigenvalue weighted by molar-refractivity contribution is 5.86. The van der Waals surface area contributed by atoms with Crippen molar-refractivity contribution in [1.82, 2.24) is 5.32 Å². The van der Waals surface area contributed by atoms with Gasteiger partial charge in [-0.15, -0.1) is 0 Å². The van der Waals surface area contributed by atoms with Gasteiger partial charge in [0.25, 0.3) is 5.91 Å². The highest BCUT2D eigenvalue weighted by atomic mass is 16.5. The molecule has 2 atom stereocenters. The average Bonchev–Trinajstić information content (AvgIpc) is 2.38. The smallest absolute Gasteiger partial charge is 0.325 e. The van der Waals surface area contributed by atoms with Crippen molar-refractivity contribution in [1.29, 1.82) is 0 Å². The van der Waals surface area contributed by atoms with Crippen LogP contribution in [0.2, 0.25) is 0 Å². The normalized spacial score (nSPS) is 13.2. The number of nitrogens with one attached hydrogen (secondary N) is 1. The number of aliphatic carboxylic acids is 1. The molecular formula is C13H17NO5. The van der Waals surface area contributed by atoms with E-state index in [1.165, 1.54) is 14.0 Å². The van der Waals surface area contributed by atoms with Gasteiger partial charge in [0, 0.05) is 6.07 Å². The number of carboxylic acid groups (broad SMARTS) is 1. The SMILES string of the molecule is COc1cccc(OC(C)C(=O)NC(C)C(=O)O)c1. The maximum atomic E-state index is 11.7. The Labute approximate surface area is 111 Å². The van der Waals surface area contributed by atoms with E-state index in [2.05, 4.69) is 5.32 Å². The van der Waals surface area contributed by atoms with Crippen molar-refractivity contribution < 1.29 is 24.2 Å². The molecule has 6 heteroatoms. The molecule has 0 heterocycles. The molecule has 1 amide bonds. The molecular weight excluding hydrogens is 250 g/mol. The van der Waals surface area contributed by atoms with Crippen LogP contribution >= 0.6 is 0 Å². The first-order chi connectivity index (χ1) is 8.93. The van der Waals surface area contributed by atoms with Gasteiger partial charge in [0.2, 0.25) is 0 Å². The minimum Gasteiger partial charge on any atom is -0.497 e. The van der Waals surface area contributed by atoms with Crippen LogP contribution in [-0.4, -0.2) is 36.2 Å². The van der Waals surface area contributed by atoms with Gasteiger partial charge in [0.05, 0.1) is 7.11 Å². The zero-order valence-electron chi connectivity index (χ0n) is 11.0. The first kappa shape index (κ1) is 14.8. The number of amides is 1. The summed E-state index contributed by atoms with van der Waals surface area (Å²) in [7, 11) is 1.53. The lowest BCUT2D eigenvalue weighted by Crippen LogP contribution is -2.44. The number of carbonyl (C=O) groups is 2. The van der Waals surface area contributed by atoms with E-state index in [0.29, 0.717) is 11.5 Å². The molecule has 1 aromatic rings. The van der Waals surface area contributed by atoms with Gasteiger partial charge < -0.3 is 19.9 Å². The monoisotopic (exact) mass is 267 g/mol. The van der Waals surface area contributed by atoms with Crippen molar-refractivity contribution in [3.05, 3.63) is 24.3 Å². The molecule has 0 spiro atoms. The molecule has 2 N–H and O–H groups in total. The summed E-state index contributed by atoms with van der Waals surface area (Å²) in [6.45, 7) is 2.93. The molecule has 0 saturated carbocycles. The van der Waals surface area contributed by atoms with Gasteiger partial charge in [-0.2, -0.15) is 0 Å². The summed E-state index contributed by atoms with van der Waals surface area (Å²) in [5.74, 6) is -0.492. The van der Waals surface area contributed by atoms with Gasteiger partial charge >= 0.3 is 5.97 Å². The van der Waals surface area contributed by atoms with Crippen LogP contribution in [-0.2, 0) is 9.59 Å². The van der Waals surface area contributed by atoms with Crippen molar-refractivity contribution >= 4 is 11.9 Å². The predicted octanol–water partition coefficient (Wildman–Crippen LogP) is 1.05. The number of hydrogen-bond acceptors (Lipinski definition) is 4. The van der Waals surface area contributed by atoms with E-state index in [9.17, 15) is 9.59 Å². The summed E-state index contributed by atoms with van der Waals surface area (Å²) in [6, 6.07) is 5.86. The third-order valence-corrected chi connectivity index (χ3v) is 2.45. The van der Waals surface area contributed by atoms with Crippen LogP contribution in [0.1, 0.15) is 13.8 Å². The Morgan fingerprint density at radius 2 is 1.89 bits per heavy atom. The summed E-state index contributed by atoms with van der Waals surface area (Å²) in [4.78, 5) is 22.3. The number of ether oxygens (including phenoxy) is 2. The molecule has 0 radical (unpaired) electrons. The Morgan fingerprint density at radius 1 is 1.26 bits per heavy atom. The number of benzene rings is 1. The molecule has 0 saturated heterocycles. The molecule has 0 aromatic heterocycles. The van der Waals surface area contributed by atoms with Gasteiger partial charge in [-0.25, -0.2) is 0 Å². The van der Waals surface area contributed by atoms with Crippen LogP contribution in [0.4, 0.5) is 0 Å². The first-order valence-electron chi connectivity index (χ1n) is 5.78. The van der Waals surface area contributed by atoms with Crippen LogP contribution in [0.15, 0.2) is 24.3 Å². The number of rotatable bonds is 6. The minimum atomic E-state index is -1.10. The standard InChI is InChI=1S/C13H17NO5/c1-8(13(16)17)14-12(15)9(2)19-11-6-4-5-10(7-11)18-3/h4-9H,1-3H3,(H,14,15)(H,16,17).